The summed E-state index contributed by atoms with van der Waals surface area (Å²) in [6.45, 7) is 0.794. The Morgan fingerprint density at radius 1 is 1.80 bits per heavy atom. The van der Waals surface area contributed by atoms with Gasteiger partial charge in [-0.25, -0.2) is 0 Å². The van der Waals surface area contributed by atoms with Crippen molar-refractivity contribution in [2.75, 3.05) is 6.54 Å². The molecule has 0 fully saturated rings. The summed E-state index contributed by atoms with van der Waals surface area (Å²) in [7, 11) is 0. The van der Waals surface area contributed by atoms with Crippen LogP contribution in [0.15, 0.2) is 12.3 Å². The van der Waals surface area contributed by atoms with E-state index >= 15 is 0 Å². The zero-order chi connectivity index (χ0) is 7.40. The maximum atomic E-state index is 10.2. The summed E-state index contributed by atoms with van der Waals surface area (Å²) in [6.07, 6.45) is 5.01. The monoisotopic (exact) mass is 141 g/mol. The van der Waals surface area contributed by atoms with Crippen LogP contribution in [-0.4, -0.2) is 17.6 Å². The molecule has 0 aromatic heterocycles. The van der Waals surface area contributed by atoms with Crippen LogP contribution in [0, 0.1) is 5.92 Å². The average molecular weight is 141 g/mol. The lowest BCUT2D eigenvalue weighted by atomic mass is 10.00. The van der Waals surface area contributed by atoms with E-state index in [0.717, 1.165) is 13.0 Å². The van der Waals surface area contributed by atoms with Gasteiger partial charge in [-0.1, -0.05) is 6.08 Å². The lowest BCUT2D eigenvalue weighted by Crippen LogP contribution is -2.23. The fraction of sp³-hybridized carbons (Fsp3) is 0.571. The molecular weight excluding hydrogens is 130 g/mol. The second-order valence-electron chi connectivity index (χ2n) is 2.51. The fourth-order valence-electron chi connectivity index (χ4n) is 1.06. The second-order valence-corrected chi connectivity index (χ2v) is 2.51. The van der Waals surface area contributed by atoms with E-state index in [2.05, 4.69) is 5.32 Å². The first-order valence-electron chi connectivity index (χ1n) is 3.39. The summed E-state index contributed by atoms with van der Waals surface area (Å²) in [5.74, 6) is -0.426. The molecule has 0 spiro atoms. The van der Waals surface area contributed by atoms with Crippen molar-refractivity contribution >= 4 is 5.97 Å². The van der Waals surface area contributed by atoms with Crippen molar-refractivity contribution in [1.82, 2.24) is 5.32 Å². The van der Waals surface area contributed by atoms with Gasteiger partial charge in [-0.3, -0.25) is 4.79 Å². The molecule has 0 unspecified atom stereocenters. The van der Waals surface area contributed by atoms with Crippen LogP contribution in [0.1, 0.15) is 12.8 Å². The molecule has 3 nitrogen and oxygen atoms in total. The van der Waals surface area contributed by atoms with Crippen LogP contribution in [0.2, 0.25) is 0 Å². The van der Waals surface area contributed by atoms with E-state index in [-0.39, 0.29) is 12.3 Å². The highest BCUT2D eigenvalue weighted by Crippen LogP contribution is 2.10. The first kappa shape index (κ1) is 7.12. The lowest BCUT2D eigenvalue weighted by molar-refractivity contribution is -0.138. The first-order valence-corrected chi connectivity index (χ1v) is 3.39. The minimum atomic E-state index is -0.706. The molecule has 10 heavy (non-hydrogen) atoms. The van der Waals surface area contributed by atoms with Crippen LogP contribution in [0.25, 0.3) is 0 Å². The highest BCUT2D eigenvalue weighted by molar-refractivity contribution is 5.67. The van der Waals surface area contributed by atoms with E-state index in [1.165, 1.54) is 0 Å². The van der Waals surface area contributed by atoms with Crippen LogP contribution in [0.3, 0.4) is 0 Å². The normalized spacial score (nSPS) is 23.8. The summed E-state index contributed by atoms with van der Waals surface area (Å²) >= 11 is 0. The fourth-order valence-corrected chi connectivity index (χ4v) is 1.06. The Labute approximate surface area is 59.7 Å². The molecule has 56 valence electrons. The Kier molecular flexibility index (Phi) is 2.31. The first-order chi connectivity index (χ1) is 4.79. The van der Waals surface area contributed by atoms with Gasteiger partial charge < -0.3 is 10.4 Å². The van der Waals surface area contributed by atoms with Crippen LogP contribution in [-0.2, 0) is 4.79 Å². The Morgan fingerprint density at radius 2 is 2.60 bits per heavy atom. The van der Waals surface area contributed by atoms with Crippen molar-refractivity contribution in [3.05, 3.63) is 12.3 Å². The Hall–Kier alpha value is -0.990. The van der Waals surface area contributed by atoms with Gasteiger partial charge in [0.2, 0.25) is 0 Å². The molecule has 1 atom stereocenters. The van der Waals surface area contributed by atoms with Crippen molar-refractivity contribution in [2.24, 2.45) is 5.92 Å². The van der Waals surface area contributed by atoms with Gasteiger partial charge in [0.05, 0.1) is 6.42 Å². The van der Waals surface area contributed by atoms with Gasteiger partial charge in [0.1, 0.15) is 0 Å². The standard InChI is InChI=1S/C7H11NO2/c9-7(10)4-6-2-1-3-8-5-6/h1,3,6,8H,2,4-5H2,(H,9,10)/t6-/m1/s1. The zero-order valence-corrected chi connectivity index (χ0v) is 5.71. The number of rotatable bonds is 2. The van der Waals surface area contributed by atoms with E-state index in [1.807, 2.05) is 12.3 Å². The molecule has 0 radical (unpaired) electrons. The molecule has 1 aliphatic heterocycles. The predicted octanol–water partition coefficient (Wildman–Crippen LogP) is 0.584. The van der Waals surface area contributed by atoms with Gasteiger partial charge in [0, 0.05) is 6.54 Å². The van der Waals surface area contributed by atoms with Crippen molar-refractivity contribution in [1.29, 1.82) is 0 Å². The highest BCUT2D eigenvalue weighted by atomic mass is 16.4. The molecule has 0 amide bonds. The van der Waals surface area contributed by atoms with Crippen LogP contribution >= 0.6 is 0 Å². The molecule has 0 bridgehead atoms. The molecular formula is C7H11NO2. The number of carboxylic acid groups (broad SMARTS) is 1. The van der Waals surface area contributed by atoms with Crippen molar-refractivity contribution in [2.45, 2.75) is 12.8 Å². The number of aliphatic carboxylic acids is 1. The molecule has 1 rings (SSSR count). The molecule has 1 aliphatic rings. The molecule has 0 aromatic rings. The summed E-state index contributed by atoms with van der Waals surface area (Å²) in [5, 5.41) is 11.4. The largest absolute Gasteiger partial charge is 0.481 e. The quantitative estimate of drug-likeness (QED) is 0.591. The molecule has 0 saturated heterocycles. The Morgan fingerprint density at radius 3 is 3.10 bits per heavy atom. The summed E-state index contributed by atoms with van der Waals surface area (Å²) in [4.78, 5) is 10.2. The molecule has 0 aromatic carbocycles. The number of hydrogen-bond acceptors (Lipinski definition) is 2. The van der Waals surface area contributed by atoms with E-state index in [9.17, 15) is 4.79 Å². The molecule has 2 N–H and O–H groups in total. The van der Waals surface area contributed by atoms with E-state index in [4.69, 9.17) is 5.11 Å². The van der Waals surface area contributed by atoms with E-state index in [0.29, 0.717) is 0 Å². The van der Waals surface area contributed by atoms with E-state index in [1.54, 1.807) is 0 Å². The molecule has 0 aliphatic carbocycles. The third-order valence-corrected chi connectivity index (χ3v) is 1.57. The number of hydrogen-bond donors (Lipinski definition) is 2. The Bertz CT molecular complexity index is 154. The van der Waals surface area contributed by atoms with Crippen molar-refractivity contribution in [3.8, 4) is 0 Å². The average Bonchev–Trinajstić information content (AvgIpc) is 1.88. The highest BCUT2D eigenvalue weighted by Gasteiger charge is 2.12. The maximum Gasteiger partial charge on any atom is 0.303 e. The van der Waals surface area contributed by atoms with Gasteiger partial charge in [-0.05, 0) is 18.5 Å². The Balaban J connectivity index is 2.28. The lowest BCUT2D eigenvalue weighted by Gasteiger charge is -2.16. The van der Waals surface area contributed by atoms with Gasteiger partial charge in [-0.2, -0.15) is 0 Å². The van der Waals surface area contributed by atoms with E-state index < -0.39 is 5.97 Å². The third-order valence-electron chi connectivity index (χ3n) is 1.57. The second kappa shape index (κ2) is 3.25. The minimum Gasteiger partial charge on any atom is -0.481 e. The number of carboxylic acids is 1. The van der Waals surface area contributed by atoms with Gasteiger partial charge in [-0.15, -0.1) is 0 Å². The number of allylic oxidation sites excluding steroid dienone is 1. The third kappa shape index (κ3) is 2.09. The molecule has 0 saturated carbocycles. The van der Waals surface area contributed by atoms with Crippen LogP contribution < -0.4 is 5.32 Å². The van der Waals surface area contributed by atoms with Gasteiger partial charge in [0.15, 0.2) is 0 Å². The topological polar surface area (TPSA) is 49.3 Å². The van der Waals surface area contributed by atoms with Crippen LogP contribution in [0.5, 0.6) is 0 Å². The predicted molar refractivity (Wildman–Crippen MR) is 37.5 cm³/mol. The summed E-state index contributed by atoms with van der Waals surface area (Å²) in [6, 6.07) is 0. The zero-order valence-electron chi connectivity index (χ0n) is 5.71. The summed E-state index contributed by atoms with van der Waals surface area (Å²) < 4.78 is 0. The van der Waals surface area contributed by atoms with Gasteiger partial charge >= 0.3 is 5.97 Å². The SMILES string of the molecule is O=C(O)C[C@H]1CC=CNC1. The van der Waals surface area contributed by atoms with Crippen molar-refractivity contribution in [3.63, 3.8) is 0 Å². The minimum absolute atomic E-state index is 0.275. The maximum absolute atomic E-state index is 10.2. The van der Waals surface area contributed by atoms with Crippen LogP contribution in [0.4, 0.5) is 0 Å². The molecule has 1 heterocycles. The summed E-state index contributed by atoms with van der Waals surface area (Å²) in [5.41, 5.74) is 0. The number of nitrogens with one attached hydrogen (secondary N) is 1. The van der Waals surface area contributed by atoms with Gasteiger partial charge in [0.25, 0.3) is 0 Å². The van der Waals surface area contributed by atoms with Crippen molar-refractivity contribution < 1.29 is 9.90 Å². The molecule has 3 heteroatoms. The smallest absolute Gasteiger partial charge is 0.303 e. The number of carbonyl (C=O) groups is 1.